The Hall–Kier alpha value is -4.76. The Kier molecular flexibility index (Phi) is 13.9. The number of carbonyl (C=O) groups excluding carboxylic acids is 4. The third-order valence-electron chi connectivity index (χ3n) is 7.44. The number of aromatic nitrogens is 3. The highest BCUT2D eigenvalue weighted by Gasteiger charge is 2.27. The van der Waals surface area contributed by atoms with Crippen LogP contribution in [0.1, 0.15) is 27.3 Å². The van der Waals surface area contributed by atoms with Gasteiger partial charge in [-0.15, -0.1) is 35.6 Å². The first-order valence-corrected chi connectivity index (χ1v) is 16.0. The standard InChI is InChI=1S/C32H38Cl2N10O4.ClH/c1-38(14-11-28(35)36)31(47)42-16-10-25(22-42)40(3)32(48)41-15-9-24(20-41)37-29(45)27-19-26(21-39(27)2)44(43(17-12-33)18-13-34)30(46)23-7-5-4-6-8-23;/h4-10,15-16,19-22H,11-14,17-18H2,1-3H3,(H3,35,36)(H,37,45);1H. The molecular weight excluding hydrogens is 695 g/mol. The van der Waals surface area contributed by atoms with Gasteiger partial charge in [0.25, 0.3) is 11.8 Å². The molecule has 0 atom stereocenters. The number of rotatable bonds is 13. The zero-order valence-electron chi connectivity index (χ0n) is 27.3. The molecule has 14 nitrogen and oxygen atoms in total. The molecule has 4 rings (SSSR count). The Morgan fingerprint density at radius 2 is 1.49 bits per heavy atom. The molecule has 262 valence electrons. The van der Waals surface area contributed by atoms with Gasteiger partial charge in [-0.05, 0) is 30.3 Å². The van der Waals surface area contributed by atoms with E-state index in [0.29, 0.717) is 35.7 Å². The molecule has 0 fully saturated rings. The van der Waals surface area contributed by atoms with Crippen molar-refractivity contribution in [3.05, 3.63) is 90.8 Å². The molecule has 1 aromatic carbocycles. The molecule has 0 aliphatic rings. The summed E-state index contributed by atoms with van der Waals surface area (Å²) in [6.07, 6.45) is 7.98. The fraction of sp³-hybridized carbons (Fsp3) is 0.281. The highest BCUT2D eigenvalue weighted by atomic mass is 35.5. The Morgan fingerprint density at radius 1 is 0.857 bits per heavy atom. The summed E-state index contributed by atoms with van der Waals surface area (Å²) >= 11 is 12.1. The van der Waals surface area contributed by atoms with Crippen LogP contribution in [-0.4, -0.2) is 98.8 Å². The van der Waals surface area contributed by atoms with Gasteiger partial charge in [-0.2, -0.15) is 0 Å². The van der Waals surface area contributed by atoms with Crippen molar-refractivity contribution in [2.45, 2.75) is 6.42 Å². The van der Waals surface area contributed by atoms with E-state index >= 15 is 0 Å². The minimum absolute atomic E-state index is 0. The van der Waals surface area contributed by atoms with E-state index < -0.39 is 11.9 Å². The van der Waals surface area contributed by atoms with Crippen LogP contribution in [-0.2, 0) is 7.05 Å². The number of alkyl halides is 2. The van der Waals surface area contributed by atoms with Gasteiger partial charge in [0.1, 0.15) is 5.69 Å². The van der Waals surface area contributed by atoms with Crippen LogP contribution in [0.3, 0.4) is 0 Å². The van der Waals surface area contributed by atoms with Crippen molar-refractivity contribution in [1.29, 1.82) is 5.41 Å². The maximum Gasteiger partial charge on any atom is 0.332 e. The van der Waals surface area contributed by atoms with Crippen LogP contribution in [0.2, 0.25) is 0 Å². The van der Waals surface area contributed by atoms with Crippen molar-refractivity contribution in [3.8, 4) is 0 Å². The number of amidine groups is 1. The third-order valence-corrected chi connectivity index (χ3v) is 7.77. The fourth-order valence-electron chi connectivity index (χ4n) is 4.86. The summed E-state index contributed by atoms with van der Waals surface area (Å²) in [5, 5.41) is 13.4. The second-order valence-electron chi connectivity index (χ2n) is 10.9. The van der Waals surface area contributed by atoms with Gasteiger partial charge in [0.05, 0.1) is 22.9 Å². The summed E-state index contributed by atoms with van der Waals surface area (Å²) in [7, 11) is 4.86. The number of carbonyl (C=O) groups is 4. The lowest BCUT2D eigenvalue weighted by molar-refractivity contribution is 0.0903. The number of hydrazine groups is 1. The van der Waals surface area contributed by atoms with Gasteiger partial charge in [0, 0.05) is 95.5 Å². The first kappa shape index (κ1) is 38.7. The lowest BCUT2D eigenvalue weighted by Crippen LogP contribution is -2.48. The number of amides is 4. The number of hydrogen-bond donors (Lipinski definition) is 3. The van der Waals surface area contributed by atoms with Crippen LogP contribution in [0.15, 0.2) is 79.5 Å². The van der Waals surface area contributed by atoms with Gasteiger partial charge in [-0.1, -0.05) is 18.2 Å². The van der Waals surface area contributed by atoms with Gasteiger partial charge >= 0.3 is 12.1 Å². The first-order valence-electron chi connectivity index (χ1n) is 14.9. The second-order valence-corrected chi connectivity index (χ2v) is 11.6. The average molecular weight is 734 g/mol. The van der Waals surface area contributed by atoms with Crippen LogP contribution < -0.4 is 21.0 Å². The summed E-state index contributed by atoms with van der Waals surface area (Å²) in [5.41, 5.74) is 7.41. The number of anilines is 3. The molecule has 0 aliphatic heterocycles. The number of nitrogens with zero attached hydrogens (tertiary/aromatic N) is 7. The van der Waals surface area contributed by atoms with Crippen LogP contribution >= 0.6 is 35.6 Å². The molecule has 0 aliphatic carbocycles. The number of nitrogens with two attached hydrogens (primary N) is 1. The van der Waals surface area contributed by atoms with Crippen LogP contribution in [0.25, 0.3) is 0 Å². The zero-order valence-corrected chi connectivity index (χ0v) is 29.6. The molecule has 0 unspecified atom stereocenters. The summed E-state index contributed by atoms with van der Waals surface area (Å²) in [4.78, 5) is 55.8. The normalized spacial score (nSPS) is 10.7. The number of halogens is 3. The van der Waals surface area contributed by atoms with Crippen LogP contribution in [0.4, 0.5) is 26.7 Å². The molecule has 4 amide bonds. The number of benzene rings is 1. The van der Waals surface area contributed by atoms with Gasteiger partial charge in [0.15, 0.2) is 0 Å². The molecule has 49 heavy (non-hydrogen) atoms. The molecule has 4 N–H and O–H groups in total. The van der Waals surface area contributed by atoms with Gasteiger partial charge in [-0.3, -0.25) is 29.0 Å². The summed E-state index contributed by atoms with van der Waals surface area (Å²) in [6.45, 7) is 0.972. The number of nitrogens with one attached hydrogen (secondary N) is 2. The lowest BCUT2D eigenvalue weighted by atomic mass is 10.2. The van der Waals surface area contributed by atoms with E-state index in [1.165, 1.54) is 42.5 Å². The molecule has 4 aromatic rings. The van der Waals surface area contributed by atoms with E-state index in [2.05, 4.69) is 5.32 Å². The summed E-state index contributed by atoms with van der Waals surface area (Å²) < 4.78 is 4.25. The van der Waals surface area contributed by atoms with Crippen molar-refractivity contribution in [2.24, 2.45) is 12.8 Å². The Labute approximate surface area is 300 Å². The van der Waals surface area contributed by atoms with E-state index in [1.807, 2.05) is 6.07 Å². The highest BCUT2D eigenvalue weighted by molar-refractivity contribution is 6.18. The largest absolute Gasteiger partial charge is 0.388 e. The van der Waals surface area contributed by atoms with Gasteiger partial charge in [-0.25, -0.2) is 19.6 Å². The van der Waals surface area contributed by atoms with Crippen molar-refractivity contribution in [1.82, 2.24) is 23.6 Å². The van der Waals surface area contributed by atoms with E-state index in [0.717, 1.165) is 0 Å². The molecular formula is C32H39Cl3N10O4. The molecule has 0 bridgehead atoms. The maximum absolute atomic E-state index is 13.7. The van der Waals surface area contributed by atoms with E-state index in [4.69, 9.17) is 34.3 Å². The molecule has 0 radical (unpaired) electrons. The minimum Gasteiger partial charge on any atom is -0.388 e. The molecule has 0 spiro atoms. The fourth-order valence-corrected chi connectivity index (χ4v) is 5.25. The smallest absolute Gasteiger partial charge is 0.332 e. The summed E-state index contributed by atoms with van der Waals surface area (Å²) in [5.74, 6) is -0.269. The first-order chi connectivity index (χ1) is 22.9. The lowest BCUT2D eigenvalue weighted by Gasteiger charge is -2.33. The van der Waals surface area contributed by atoms with Gasteiger partial charge in [0.2, 0.25) is 0 Å². The molecule has 0 saturated carbocycles. The molecule has 17 heteroatoms. The second kappa shape index (κ2) is 17.6. The number of hydrogen-bond acceptors (Lipinski definition) is 6. The van der Waals surface area contributed by atoms with E-state index in [9.17, 15) is 19.2 Å². The number of aryl methyl sites for hydroxylation is 1. The molecule has 3 aromatic heterocycles. The van der Waals surface area contributed by atoms with Crippen molar-refractivity contribution in [3.63, 3.8) is 0 Å². The molecule has 0 saturated heterocycles. The van der Waals surface area contributed by atoms with Crippen molar-refractivity contribution < 1.29 is 19.2 Å². The van der Waals surface area contributed by atoms with Crippen molar-refractivity contribution >= 4 is 82.4 Å². The van der Waals surface area contributed by atoms with Crippen molar-refractivity contribution in [2.75, 3.05) is 60.7 Å². The Bertz CT molecular complexity index is 1760. The maximum atomic E-state index is 13.7. The SMILES string of the molecule is CN(CCC(=N)N)C(=O)n1ccc(N(C)C(=O)n2ccc(NC(=O)c3cc(N(C(=O)c4ccccc4)N(CCCl)CCCl)cn3C)c2)c1.Cl. The van der Waals surface area contributed by atoms with E-state index in [1.54, 1.807) is 85.6 Å². The van der Waals surface area contributed by atoms with Crippen LogP contribution in [0, 0.1) is 5.41 Å². The Morgan fingerprint density at radius 3 is 2.12 bits per heavy atom. The molecule has 3 heterocycles. The van der Waals surface area contributed by atoms with E-state index in [-0.39, 0.29) is 60.6 Å². The quantitative estimate of drug-likeness (QED) is 0.0762. The predicted octanol–water partition coefficient (Wildman–Crippen LogP) is 4.97. The van der Waals surface area contributed by atoms with Gasteiger partial charge < -0.3 is 20.5 Å². The zero-order chi connectivity index (χ0) is 35.0. The predicted molar refractivity (Wildman–Crippen MR) is 195 cm³/mol. The monoisotopic (exact) mass is 732 g/mol. The average Bonchev–Trinajstić information content (AvgIpc) is 3.84. The Balaban J connectivity index is 0.00000650. The summed E-state index contributed by atoms with van der Waals surface area (Å²) in [6, 6.07) is 12.8. The minimum atomic E-state index is -0.458. The topological polar surface area (TPSA) is 158 Å². The third kappa shape index (κ3) is 9.44. The van der Waals surface area contributed by atoms with Crippen LogP contribution in [0.5, 0.6) is 0 Å². The highest BCUT2D eigenvalue weighted by Crippen LogP contribution is 2.24.